The Bertz CT molecular complexity index is 994. The minimum atomic E-state index is 0.0708. The summed E-state index contributed by atoms with van der Waals surface area (Å²) < 4.78 is 2.40. The lowest BCUT2D eigenvalue weighted by atomic mass is 10.0. The van der Waals surface area contributed by atoms with Crippen LogP contribution in [0.15, 0.2) is 30.3 Å². The zero-order valence-corrected chi connectivity index (χ0v) is 16.0. The van der Waals surface area contributed by atoms with Crippen LogP contribution in [0.4, 0.5) is 5.69 Å². The topological polar surface area (TPSA) is 46.1 Å². The zero-order valence-electron chi connectivity index (χ0n) is 16.0. The smallest absolute Gasteiger partial charge is 0.228 e. The lowest BCUT2D eigenvalue weighted by molar-refractivity contribution is -0.119. The number of aryl methyl sites for hydroxylation is 2. The molecule has 0 spiro atoms. The normalized spacial score (nSPS) is 17.5. The maximum Gasteiger partial charge on any atom is 0.228 e. The largest absolute Gasteiger partial charge is 0.338 e. The Morgan fingerprint density at radius 3 is 2.69 bits per heavy atom. The fourth-order valence-corrected chi connectivity index (χ4v) is 4.37. The highest BCUT2D eigenvalue weighted by Gasteiger charge is 2.24. The van der Waals surface area contributed by atoms with Gasteiger partial charge < -0.3 is 15.2 Å². The van der Waals surface area contributed by atoms with E-state index in [1.807, 2.05) is 0 Å². The fraction of sp³-hybridized carbons (Fsp3) is 0.409. The Labute approximate surface area is 154 Å². The molecule has 3 aromatic rings. The molecule has 0 bridgehead atoms. The van der Waals surface area contributed by atoms with E-state index in [0.29, 0.717) is 6.04 Å². The van der Waals surface area contributed by atoms with E-state index in [1.54, 1.807) is 0 Å². The number of nitrogens with zero attached hydrogens (tertiary/aromatic N) is 1. The molecule has 4 nitrogen and oxygen atoms in total. The molecule has 1 atom stereocenters. The van der Waals surface area contributed by atoms with Crippen LogP contribution in [0.1, 0.15) is 37.4 Å². The summed E-state index contributed by atoms with van der Waals surface area (Å²) >= 11 is 0. The molecular formula is C22H27N3O. The number of fused-ring (bicyclic) bond motifs is 3. The second-order valence-electron chi connectivity index (χ2n) is 7.75. The van der Waals surface area contributed by atoms with Crippen molar-refractivity contribution in [2.45, 2.75) is 40.2 Å². The molecule has 1 aromatic heterocycles. The summed E-state index contributed by atoms with van der Waals surface area (Å²) in [5.41, 5.74) is 5.76. The van der Waals surface area contributed by atoms with Gasteiger partial charge in [-0.15, -0.1) is 0 Å². The van der Waals surface area contributed by atoms with Crippen LogP contribution in [-0.2, 0) is 4.79 Å². The minimum absolute atomic E-state index is 0.0708. The van der Waals surface area contributed by atoms with Gasteiger partial charge in [-0.1, -0.05) is 18.2 Å². The predicted octanol–water partition coefficient (Wildman–Crippen LogP) is 4.54. The number of amides is 1. The van der Waals surface area contributed by atoms with Crippen LogP contribution in [-0.4, -0.2) is 23.6 Å². The Balaban J connectivity index is 1.91. The fourth-order valence-electron chi connectivity index (χ4n) is 4.37. The van der Waals surface area contributed by atoms with Crippen LogP contribution in [0.2, 0.25) is 0 Å². The van der Waals surface area contributed by atoms with Crippen molar-refractivity contribution in [2.75, 3.05) is 18.4 Å². The number of hydrogen-bond donors (Lipinski definition) is 2. The van der Waals surface area contributed by atoms with Crippen LogP contribution in [0, 0.1) is 19.8 Å². The lowest BCUT2D eigenvalue weighted by Crippen LogP contribution is -2.25. The number of nitrogens with one attached hydrogen (secondary N) is 2. The average molecular weight is 349 g/mol. The number of benzene rings is 2. The monoisotopic (exact) mass is 349 g/mol. The molecule has 2 N–H and O–H groups in total. The van der Waals surface area contributed by atoms with Crippen LogP contribution < -0.4 is 10.6 Å². The van der Waals surface area contributed by atoms with Crippen molar-refractivity contribution < 1.29 is 4.79 Å². The minimum Gasteiger partial charge on any atom is -0.338 e. The van der Waals surface area contributed by atoms with Gasteiger partial charge in [0.1, 0.15) is 0 Å². The van der Waals surface area contributed by atoms with Gasteiger partial charge in [0.2, 0.25) is 5.91 Å². The summed E-state index contributed by atoms with van der Waals surface area (Å²) in [6, 6.07) is 11.2. The molecule has 1 aliphatic heterocycles. The Hall–Kier alpha value is -2.33. The van der Waals surface area contributed by atoms with Crippen LogP contribution in [0.25, 0.3) is 21.8 Å². The van der Waals surface area contributed by atoms with Gasteiger partial charge in [-0.2, -0.15) is 0 Å². The molecule has 4 rings (SSSR count). The van der Waals surface area contributed by atoms with E-state index in [1.165, 1.54) is 21.8 Å². The molecule has 2 heterocycles. The molecule has 0 aliphatic carbocycles. The Morgan fingerprint density at radius 2 is 2.00 bits per heavy atom. The number of carbonyl (C=O) groups is 1. The van der Waals surface area contributed by atoms with Gasteiger partial charge in [0.05, 0.1) is 11.4 Å². The van der Waals surface area contributed by atoms with E-state index in [0.717, 1.165) is 36.3 Å². The standard InChI is InChI=1S/C22H27N3O/c1-13(2)25-18-8-6-5-7-17(18)20-15(4)21(14(3)11-19(20)25)24-22(26)16-9-10-23-12-16/h5-8,11,13,16,23H,9-10,12H2,1-4H3,(H,24,26). The van der Waals surface area contributed by atoms with Gasteiger partial charge in [0.15, 0.2) is 0 Å². The lowest BCUT2D eigenvalue weighted by Gasteiger charge is -2.17. The highest BCUT2D eigenvalue weighted by molar-refractivity contribution is 6.12. The first kappa shape index (κ1) is 17.1. The van der Waals surface area contributed by atoms with Crippen LogP contribution in [0.5, 0.6) is 0 Å². The molecule has 0 radical (unpaired) electrons. The number of para-hydroxylation sites is 1. The van der Waals surface area contributed by atoms with E-state index >= 15 is 0 Å². The second-order valence-corrected chi connectivity index (χ2v) is 7.75. The van der Waals surface area contributed by atoms with Crippen molar-refractivity contribution in [3.05, 3.63) is 41.5 Å². The van der Waals surface area contributed by atoms with Crippen molar-refractivity contribution in [3.8, 4) is 0 Å². The van der Waals surface area contributed by atoms with Crippen molar-refractivity contribution in [1.82, 2.24) is 9.88 Å². The third kappa shape index (κ3) is 2.60. The van der Waals surface area contributed by atoms with Crippen molar-refractivity contribution in [1.29, 1.82) is 0 Å². The highest BCUT2D eigenvalue weighted by atomic mass is 16.1. The molecule has 26 heavy (non-hydrogen) atoms. The van der Waals surface area contributed by atoms with E-state index in [4.69, 9.17) is 0 Å². The highest BCUT2D eigenvalue weighted by Crippen LogP contribution is 2.38. The summed E-state index contributed by atoms with van der Waals surface area (Å²) in [4.78, 5) is 12.7. The molecule has 1 saturated heterocycles. The maximum atomic E-state index is 12.7. The summed E-state index contributed by atoms with van der Waals surface area (Å²) in [7, 11) is 0. The van der Waals surface area contributed by atoms with E-state index in [2.05, 4.69) is 73.2 Å². The predicted molar refractivity (Wildman–Crippen MR) is 109 cm³/mol. The van der Waals surface area contributed by atoms with Gasteiger partial charge in [0.25, 0.3) is 0 Å². The molecule has 0 saturated carbocycles. The van der Waals surface area contributed by atoms with Crippen molar-refractivity contribution in [3.63, 3.8) is 0 Å². The van der Waals surface area contributed by atoms with Gasteiger partial charge in [-0.3, -0.25) is 4.79 Å². The van der Waals surface area contributed by atoms with Crippen molar-refractivity contribution in [2.24, 2.45) is 5.92 Å². The molecule has 136 valence electrons. The zero-order chi connectivity index (χ0) is 18.4. The molecule has 1 fully saturated rings. The van der Waals surface area contributed by atoms with Crippen LogP contribution >= 0.6 is 0 Å². The quantitative estimate of drug-likeness (QED) is 0.729. The first-order chi connectivity index (χ1) is 12.5. The van der Waals surface area contributed by atoms with Gasteiger partial charge in [0, 0.05) is 34.6 Å². The second kappa shape index (κ2) is 6.44. The maximum absolute atomic E-state index is 12.7. The van der Waals surface area contributed by atoms with Gasteiger partial charge in [-0.25, -0.2) is 0 Å². The molecule has 1 aliphatic rings. The van der Waals surface area contributed by atoms with Gasteiger partial charge in [-0.05, 0) is 63.9 Å². The average Bonchev–Trinajstić information content (AvgIpc) is 3.24. The van der Waals surface area contributed by atoms with E-state index in [-0.39, 0.29) is 11.8 Å². The Kier molecular flexibility index (Phi) is 4.23. The number of rotatable bonds is 3. The van der Waals surface area contributed by atoms with Crippen molar-refractivity contribution >= 4 is 33.4 Å². The summed E-state index contributed by atoms with van der Waals surface area (Å²) in [6.07, 6.45) is 0.916. The molecule has 4 heteroatoms. The molecule has 1 unspecified atom stereocenters. The Morgan fingerprint density at radius 1 is 1.23 bits per heavy atom. The van der Waals surface area contributed by atoms with Crippen LogP contribution in [0.3, 0.4) is 0 Å². The molecule has 1 amide bonds. The number of anilines is 1. The molecular weight excluding hydrogens is 322 g/mol. The first-order valence-electron chi connectivity index (χ1n) is 9.53. The van der Waals surface area contributed by atoms with E-state index in [9.17, 15) is 4.79 Å². The summed E-state index contributed by atoms with van der Waals surface area (Å²) in [6.45, 7) is 10.4. The first-order valence-corrected chi connectivity index (χ1v) is 9.53. The third-order valence-corrected chi connectivity index (χ3v) is 5.64. The summed E-state index contributed by atoms with van der Waals surface area (Å²) in [5.74, 6) is 0.203. The summed E-state index contributed by atoms with van der Waals surface area (Å²) in [5, 5.41) is 9.01. The third-order valence-electron chi connectivity index (χ3n) is 5.64. The number of aromatic nitrogens is 1. The molecule has 2 aromatic carbocycles. The van der Waals surface area contributed by atoms with E-state index < -0.39 is 0 Å². The van der Waals surface area contributed by atoms with Gasteiger partial charge >= 0.3 is 0 Å². The SMILES string of the molecule is Cc1cc2c(c(C)c1NC(=O)C1CCNC1)c1ccccc1n2C(C)C. The number of carbonyl (C=O) groups excluding carboxylic acids is 1. The number of hydrogen-bond acceptors (Lipinski definition) is 2.